The highest BCUT2D eigenvalue weighted by molar-refractivity contribution is 8.01. The number of ether oxygens (including phenoxy) is 1. The van der Waals surface area contributed by atoms with E-state index in [9.17, 15) is 13.2 Å². The van der Waals surface area contributed by atoms with E-state index in [1.165, 1.54) is 18.4 Å². The zero-order chi connectivity index (χ0) is 21.6. The Bertz CT molecular complexity index is 913. The topological polar surface area (TPSA) is 101 Å². The molecule has 0 fully saturated rings. The fourth-order valence-corrected chi connectivity index (χ4v) is 5.48. The van der Waals surface area contributed by atoms with E-state index in [4.69, 9.17) is 4.74 Å². The molecule has 0 aliphatic heterocycles. The van der Waals surface area contributed by atoms with Gasteiger partial charge < -0.3 is 4.74 Å². The zero-order valence-corrected chi connectivity index (χ0v) is 19.5. The number of hydrogen-bond acceptors (Lipinski definition) is 8. The van der Waals surface area contributed by atoms with Crippen LogP contribution in [0.15, 0.2) is 28.6 Å². The predicted molar refractivity (Wildman–Crippen MR) is 118 cm³/mol. The van der Waals surface area contributed by atoms with Crippen molar-refractivity contribution >= 4 is 49.8 Å². The van der Waals surface area contributed by atoms with Crippen molar-refractivity contribution < 1.29 is 17.9 Å². The van der Waals surface area contributed by atoms with Gasteiger partial charge in [0.15, 0.2) is 4.34 Å². The average Bonchev–Trinajstić information content (AvgIpc) is 3.10. The number of rotatable bonds is 10. The van der Waals surface area contributed by atoms with Gasteiger partial charge >= 0.3 is 0 Å². The Balaban J connectivity index is 2.22. The molecule has 29 heavy (non-hydrogen) atoms. The molecule has 1 atom stereocenters. The van der Waals surface area contributed by atoms with Crippen LogP contribution in [-0.4, -0.2) is 49.7 Å². The van der Waals surface area contributed by atoms with Gasteiger partial charge in [0.1, 0.15) is 11.8 Å². The second-order valence-electron chi connectivity index (χ2n) is 6.75. The Morgan fingerprint density at radius 3 is 2.45 bits per heavy atom. The highest BCUT2D eigenvalue weighted by Crippen LogP contribution is 2.29. The minimum atomic E-state index is -3.70. The number of carbonyl (C=O) groups excluding carboxylic acids is 1. The first-order valence-corrected chi connectivity index (χ1v) is 12.7. The number of thioether (sulfide) groups is 1. The third-order valence-electron chi connectivity index (χ3n) is 3.83. The number of sulfonamides is 1. The summed E-state index contributed by atoms with van der Waals surface area (Å²) in [5.41, 5.74) is 0.390. The molecule has 2 aromatic rings. The van der Waals surface area contributed by atoms with Crippen molar-refractivity contribution in [1.82, 2.24) is 10.2 Å². The van der Waals surface area contributed by atoms with Crippen LogP contribution < -0.4 is 14.4 Å². The van der Waals surface area contributed by atoms with Crippen molar-refractivity contribution in [2.24, 2.45) is 5.92 Å². The Hall–Kier alpha value is -1.85. The molecule has 1 aromatic carbocycles. The summed E-state index contributed by atoms with van der Waals surface area (Å²) in [6.07, 6.45) is 1.37. The first-order chi connectivity index (χ1) is 13.7. The van der Waals surface area contributed by atoms with Crippen LogP contribution in [0.2, 0.25) is 0 Å². The van der Waals surface area contributed by atoms with Crippen LogP contribution in [0.1, 0.15) is 27.2 Å². The van der Waals surface area contributed by atoms with Crippen molar-refractivity contribution in [3.8, 4) is 5.75 Å². The molecule has 0 unspecified atom stereocenters. The smallest absolute Gasteiger partial charge is 0.250 e. The van der Waals surface area contributed by atoms with E-state index in [1.54, 1.807) is 43.0 Å². The molecule has 160 valence electrons. The number of benzene rings is 1. The molecule has 1 amide bonds. The Morgan fingerprint density at radius 1 is 1.28 bits per heavy atom. The minimum absolute atomic E-state index is 0.290. The first-order valence-electron chi connectivity index (χ1n) is 9.06. The third-order valence-corrected chi connectivity index (χ3v) is 7.41. The summed E-state index contributed by atoms with van der Waals surface area (Å²) in [5, 5.41) is 11.1. The number of hydrogen-bond donors (Lipinski definition) is 1. The number of carbonyl (C=O) groups is 1. The highest BCUT2D eigenvalue weighted by Gasteiger charge is 2.32. The lowest BCUT2D eigenvalue weighted by Crippen LogP contribution is -2.46. The van der Waals surface area contributed by atoms with Crippen molar-refractivity contribution in [1.29, 1.82) is 0 Å². The SMILES string of the molecule is CC[C@@H](C(=O)Nc1nnc(SCC(C)C)s1)N(c1ccc(OC)cc1)S(C)(=O)=O. The van der Waals surface area contributed by atoms with Crippen LogP contribution in [0.25, 0.3) is 0 Å². The van der Waals surface area contributed by atoms with Crippen molar-refractivity contribution in [2.75, 3.05) is 28.7 Å². The Kier molecular flexibility index (Phi) is 8.29. The van der Waals surface area contributed by atoms with Gasteiger partial charge in [-0.25, -0.2) is 8.42 Å². The average molecular weight is 459 g/mol. The van der Waals surface area contributed by atoms with E-state index in [1.807, 2.05) is 0 Å². The monoisotopic (exact) mass is 458 g/mol. The molecule has 1 aromatic heterocycles. The standard InChI is InChI=1S/C18H26N4O4S3/c1-6-15(16(23)19-17-20-21-18(28-17)27-11-12(2)3)22(29(5,24)25)13-7-9-14(26-4)10-8-13/h7-10,12,15H,6,11H2,1-5H3,(H,19,20,23)/t15-/m0/s1. The third kappa shape index (κ3) is 6.58. The maximum Gasteiger partial charge on any atom is 0.250 e. The van der Waals surface area contributed by atoms with Gasteiger partial charge in [-0.3, -0.25) is 14.4 Å². The van der Waals surface area contributed by atoms with Crippen molar-refractivity contribution in [3.63, 3.8) is 0 Å². The van der Waals surface area contributed by atoms with Crippen LogP contribution in [0.5, 0.6) is 5.75 Å². The summed E-state index contributed by atoms with van der Waals surface area (Å²) in [4.78, 5) is 12.9. The molecular formula is C18H26N4O4S3. The molecule has 1 heterocycles. The molecule has 0 bridgehead atoms. The first kappa shape index (κ1) is 23.4. The fourth-order valence-electron chi connectivity index (χ4n) is 2.53. The number of nitrogens with zero attached hydrogens (tertiary/aromatic N) is 3. The van der Waals surface area contributed by atoms with Gasteiger partial charge in [0.2, 0.25) is 21.1 Å². The molecule has 0 saturated heterocycles. The summed E-state index contributed by atoms with van der Waals surface area (Å²) < 4.78 is 32.0. The van der Waals surface area contributed by atoms with E-state index in [0.717, 1.165) is 20.7 Å². The summed E-state index contributed by atoms with van der Waals surface area (Å²) in [5.74, 6) is 1.56. The van der Waals surface area contributed by atoms with Crippen molar-refractivity contribution in [2.45, 2.75) is 37.6 Å². The molecule has 0 saturated carbocycles. The maximum absolute atomic E-state index is 12.9. The molecule has 0 radical (unpaired) electrons. The summed E-state index contributed by atoms with van der Waals surface area (Å²) in [6, 6.07) is 5.61. The number of amides is 1. The lowest BCUT2D eigenvalue weighted by atomic mass is 10.2. The van der Waals surface area contributed by atoms with Gasteiger partial charge in [-0.05, 0) is 36.6 Å². The molecule has 11 heteroatoms. The summed E-state index contributed by atoms with van der Waals surface area (Å²) in [7, 11) is -2.17. The van der Waals surface area contributed by atoms with Gasteiger partial charge in [0, 0.05) is 5.75 Å². The van der Waals surface area contributed by atoms with Crippen LogP contribution >= 0.6 is 23.1 Å². The van der Waals surface area contributed by atoms with Gasteiger partial charge in [-0.2, -0.15) is 0 Å². The molecule has 0 aliphatic rings. The van der Waals surface area contributed by atoms with E-state index in [2.05, 4.69) is 29.4 Å². The highest BCUT2D eigenvalue weighted by atomic mass is 32.2. The maximum atomic E-state index is 12.9. The predicted octanol–water partition coefficient (Wildman–Crippen LogP) is 3.48. The number of anilines is 2. The van der Waals surface area contributed by atoms with Gasteiger partial charge in [0.25, 0.3) is 0 Å². The number of nitrogens with one attached hydrogen (secondary N) is 1. The molecular weight excluding hydrogens is 432 g/mol. The van der Waals surface area contributed by atoms with Gasteiger partial charge in [-0.1, -0.05) is 43.9 Å². The quantitative estimate of drug-likeness (QED) is 0.430. The second kappa shape index (κ2) is 10.3. The van der Waals surface area contributed by atoms with Gasteiger partial charge in [0.05, 0.1) is 19.1 Å². The van der Waals surface area contributed by atoms with Gasteiger partial charge in [-0.15, -0.1) is 10.2 Å². The lowest BCUT2D eigenvalue weighted by Gasteiger charge is -2.29. The van der Waals surface area contributed by atoms with Crippen LogP contribution in [0.3, 0.4) is 0 Å². The van der Waals surface area contributed by atoms with E-state index in [-0.39, 0.29) is 0 Å². The number of methoxy groups -OCH3 is 1. The Morgan fingerprint density at radius 2 is 1.93 bits per heavy atom. The molecule has 1 N–H and O–H groups in total. The lowest BCUT2D eigenvalue weighted by molar-refractivity contribution is -0.117. The molecule has 8 nitrogen and oxygen atoms in total. The van der Waals surface area contributed by atoms with Crippen LogP contribution in [-0.2, 0) is 14.8 Å². The minimum Gasteiger partial charge on any atom is -0.497 e. The van der Waals surface area contributed by atoms with Crippen molar-refractivity contribution in [3.05, 3.63) is 24.3 Å². The summed E-state index contributed by atoms with van der Waals surface area (Å²) >= 11 is 2.85. The Labute approximate surface area is 180 Å². The normalized spacial score (nSPS) is 12.6. The molecule has 0 spiro atoms. The molecule has 0 aliphatic carbocycles. The van der Waals surface area contributed by atoms with E-state index < -0.39 is 22.0 Å². The molecule has 2 rings (SSSR count). The van der Waals surface area contributed by atoms with E-state index in [0.29, 0.717) is 28.9 Å². The largest absolute Gasteiger partial charge is 0.497 e. The fraction of sp³-hybridized carbons (Fsp3) is 0.500. The van der Waals surface area contributed by atoms with Crippen LogP contribution in [0, 0.1) is 5.92 Å². The second-order valence-corrected chi connectivity index (χ2v) is 10.9. The van der Waals surface area contributed by atoms with Crippen LogP contribution in [0.4, 0.5) is 10.8 Å². The zero-order valence-electron chi connectivity index (χ0n) is 17.1. The summed E-state index contributed by atoms with van der Waals surface area (Å²) in [6.45, 7) is 5.99. The number of aromatic nitrogens is 2. The van der Waals surface area contributed by atoms with E-state index >= 15 is 0 Å².